The maximum Gasteiger partial charge on any atom is 0.0670 e. The molecule has 0 spiro atoms. The van der Waals surface area contributed by atoms with Gasteiger partial charge in [-0.15, -0.1) is 0 Å². The van der Waals surface area contributed by atoms with Crippen molar-refractivity contribution in [3.8, 4) is 17.2 Å². The van der Waals surface area contributed by atoms with Crippen molar-refractivity contribution in [2.45, 2.75) is 13.3 Å². The highest BCUT2D eigenvalue weighted by Crippen LogP contribution is 2.34. The molecule has 2 rings (SSSR count). The molecule has 3 heteroatoms. The number of rotatable bonds is 2. The summed E-state index contributed by atoms with van der Waals surface area (Å²) in [6, 6.07) is 13.7. The molecule has 0 N–H and O–H groups in total. The van der Waals surface area contributed by atoms with E-state index in [1.165, 1.54) is 0 Å². The molecule has 0 unspecified atom stereocenters. The van der Waals surface area contributed by atoms with Crippen LogP contribution in [0.25, 0.3) is 11.1 Å². The third kappa shape index (κ3) is 2.51. The molecular weight excluding hydrogens is 265 g/mol. The highest BCUT2D eigenvalue weighted by molar-refractivity contribution is 6.43. The second-order valence-electron chi connectivity index (χ2n) is 4.08. The largest absolute Gasteiger partial charge is 0.198 e. The molecule has 0 radical (unpaired) electrons. The second-order valence-corrected chi connectivity index (χ2v) is 4.86. The number of halogens is 2. The van der Waals surface area contributed by atoms with E-state index in [2.05, 4.69) is 6.07 Å². The quantitative estimate of drug-likeness (QED) is 0.754. The summed E-state index contributed by atoms with van der Waals surface area (Å²) in [6.07, 6.45) is 0.426. The number of nitriles is 1. The van der Waals surface area contributed by atoms with Crippen LogP contribution in [0.1, 0.15) is 11.1 Å². The first kappa shape index (κ1) is 13.0. The second kappa shape index (κ2) is 5.44. The highest BCUT2D eigenvalue weighted by Gasteiger charge is 2.08. The first-order valence-corrected chi connectivity index (χ1v) is 6.30. The molecule has 0 saturated heterocycles. The lowest BCUT2D eigenvalue weighted by atomic mass is 9.98. The standard InChI is InChI=1S/C15H11Cl2N/c1-10-9-12(6-5-11(10)7-8-18)13-3-2-4-14(16)15(13)17/h2-6,9H,7H2,1H3. The molecule has 0 aliphatic carbocycles. The third-order valence-corrected chi connectivity index (χ3v) is 3.69. The van der Waals surface area contributed by atoms with Crippen molar-refractivity contribution in [3.05, 3.63) is 57.6 Å². The summed E-state index contributed by atoms with van der Waals surface area (Å²) in [7, 11) is 0. The van der Waals surface area contributed by atoms with Gasteiger partial charge in [0.1, 0.15) is 0 Å². The number of hydrogen-bond acceptors (Lipinski definition) is 1. The first-order chi connectivity index (χ1) is 8.63. The Morgan fingerprint density at radius 1 is 1.17 bits per heavy atom. The summed E-state index contributed by atoms with van der Waals surface area (Å²) in [4.78, 5) is 0. The molecular formula is C15H11Cl2N. The lowest BCUT2D eigenvalue weighted by Gasteiger charge is -2.09. The van der Waals surface area contributed by atoms with Crippen molar-refractivity contribution < 1.29 is 0 Å². The van der Waals surface area contributed by atoms with Gasteiger partial charge in [0.2, 0.25) is 0 Å². The molecule has 90 valence electrons. The van der Waals surface area contributed by atoms with E-state index in [-0.39, 0.29) is 0 Å². The van der Waals surface area contributed by atoms with Gasteiger partial charge >= 0.3 is 0 Å². The average Bonchev–Trinajstić information content (AvgIpc) is 2.35. The Hall–Kier alpha value is -1.49. The van der Waals surface area contributed by atoms with Crippen LogP contribution in [-0.4, -0.2) is 0 Å². The Morgan fingerprint density at radius 3 is 2.61 bits per heavy atom. The Morgan fingerprint density at radius 2 is 1.94 bits per heavy atom. The number of hydrogen-bond donors (Lipinski definition) is 0. The molecule has 0 aliphatic rings. The summed E-state index contributed by atoms with van der Waals surface area (Å²) < 4.78 is 0. The van der Waals surface area contributed by atoms with Crippen LogP contribution in [0.4, 0.5) is 0 Å². The molecule has 0 bridgehead atoms. The number of benzene rings is 2. The smallest absolute Gasteiger partial charge is 0.0670 e. The minimum absolute atomic E-state index is 0.426. The normalized spacial score (nSPS) is 10.1. The van der Waals surface area contributed by atoms with Crippen LogP contribution < -0.4 is 0 Å². The molecule has 0 aliphatic heterocycles. The molecule has 18 heavy (non-hydrogen) atoms. The summed E-state index contributed by atoms with van der Waals surface area (Å²) in [5.41, 5.74) is 4.06. The van der Waals surface area contributed by atoms with E-state index < -0.39 is 0 Å². The van der Waals surface area contributed by atoms with Crippen molar-refractivity contribution in [3.63, 3.8) is 0 Å². The molecule has 0 saturated carbocycles. The van der Waals surface area contributed by atoms with Crippen molar-refractivity contribution >= 4 is 23.2 Å². The maximum absolute atomic E-state index is 8.72. The Balaban J connectivity index is 2.50. The highest BCUT2D eigenvalue weighted by atomic mass is 35.5. The van der Waals surface area contributed by atoms with Gasteiger partial charge in [-0.2, -0.15) is 5.26 Å². The average molecular weight is 276 g/mol. The molecule has 0 aromatic heterocycles. The van der Waals surface area contributed by atoms with Gasteiger partial charge in [-0.1, -0.05) is 53.5 Å². The van der Waals surface area contributed by atoms with Gasteiger partial charge < -0.3 is 0 Å². The topological polar surface area (TPSA) is 23.8 Å². The lowest BCUT2D eigenvalue weighted by Crippen LogP contribution is -1.89. The lowest BCUT2D eigenvalue weighted by molar-refractivity contribution is 1.21. The van der Waals surface area contributed by atoms with Crippen LogP contribution in [0.15, 0.2) is 36.4 Å². The van der Waals surface area contributed by atoms with Crippen LogP contribution in [0.3, 0.4) is 0 Å². The molecule has 0 amide bonds. The van der Waals surface area contributed by atoms with Gasteiger partial charge in [0.15, 0.2) is 0 Å². The molecule has 0 fully saturated rings. The minimum Gasteiger partial charge on any atom is -0.198 e. The molecule has 2 aromatic rings. The summed E-state index contributed by atoms with van der Waals surface area (Å²) in [5, 5.41) is 9.83. The Bertz CT molecular complexity index is 627. The van der Waals surface area contributed by atoms with E-state index in [1.54, 1.807) is 6.07 Å². The van der Waals surface area contributed by atoms with Crippen LogP contribution in [-0.2, 0) is 6.42 Å². The summed E-state index contributed by atoms with van der Waals surface area (Å²) in [6.45, 7) is 1.99. The van der Waals surface area contributed by atoms with E-state index >= 15 is 0 Å². The van der Waals surface area contributed by atoms with Crippen LogP contribution in [0, 0.1) is 18.3 Å². The Kier molecular flexibility index (Phi) is 3.91. The van der Waals surface area contributed by atoms with E-state index in [1.807, 2.05) is 37.3 Å². The fraction of sp³-hybridized carbons (Fsp3) is 0.133. The number of nitrogens with zero attached hydrogens (tertiary/aromatic N) is 1. The zero-order valence-electron chi connectivity index (χ0n) is 9.87. The van der Waals surface area contributed by atoms with Crippen molar-refractivity contribution in [1.82, 2.24) is 0 Å². The van der Waals surface area contributed by atoms with Crippen LogP contribution in [0.5, 0.6) is 0 Å². The fourth-order valence-corrected chi connectivity index (χ4v) is 2.28. The molecule has 1 nitrogen and oxygen atoms in total. The molecule has 2 aromatic carbocycles. The van der Waals surface area contributed by atoms with E-state index in [4.69, 9.17) is 28.5 Å². The zero-order valence-corrected chi connectivity index (χ0v) is 11.4. The summed E-state index contributed by atoms with van der Waals surface area (Å²) >= 11 is 12.2. The van der Waals surface area contributed by atoms with E-state index in [0.29, 0.717) is 16.5 Å². The maximum atomic E-state index is 8.72. The molecule has 0 atom stereocenters. The van der Waals surface area contributed by atoms with E-state index in [0.717, 1.165) is 22.3 Å². The SMILES string of the molecule is Cc1cc(-c2cccc(Cl)c2Cl)ccc1CC#N. The van der Waals surface area contributed by atoms with Gasteiger partial charge in [0.05, 0.1) is 22.5 Å². The molecule has 0 heterocycles. The first-order valence-electron chi connectivity index (χ1n) is 5.54. The zero-order chi connectivity index (χ0) is 13.1. The van der Waals surface area contributed by atoms with E-state index in [9.17, 15) is 0 Å². The van der Waals surface area contributed by atoms with Gasteiger partial charge in [-0.05, 0) is 29.7 Å². The van der Waals surface area contributed by atoms with Crippen molar-refractivity contribution in [2.75, 3.05) is 0 Å². The van der Waals surface area contributed by atoms with Crippen molar-refractivity contribution in [2.24, 2.45) is 0 Å². The van der Waals surface area contributed by atoms with Gasteiger partial charge in [0, 0.05) is 5.56 Å². The Labute approximate surface area is 117 Å². The van der Waals surface area contributed by atoms with Gasteiger partial charge in [-0.25, -0.2) is 0 Å². The predicted octanol–water partition coefficient (Wildman–Crippen LogP) is 5.03. The predicted molar refractivity (Wildman–Crippen MR) is 76.0 cm³/mol. The number of aryl methyl sites for hydroxylation is 1. The van der Waals surface area contributed by atoms with Gasteiger partial charge in [0.25, 0.3) is 0 Å². The summed E-state index contributed by atoms with van der Waals surface area (Å²) in [5.74, 6) is 0. The third-order valence-electron chi connectivity index (χ3n) is 2.87. The minimum atomic E-state index is 0.426. The monoisotopic (exact) mass is 275 g/mol. The van der Waals surface area contributed by atoms with Gasteiger partial charge in [-0.3, -0.25) is 0 Å². The van der Waals surface area contributed by atoms with Crippen molar-refractivity contribution in [1.29, 1.82) is 5.26 Å². The van der Waals surface area contributed by atoms with Crippen LogP contribution in [0.2, 0.25) is 10.0 Å². The van der Waals surface area contributed by atoms with Crippen LogP contribution >= 0.6 is 23.2 Å². The fourth-order valence-electron chi connectivity index (χ4n) is 1.87.